The molecule has 0 unspecified atom stereocenters. The van der Waals surface area contributed by atoms with Crippen LogP contribution in [0, 0.1) is 0 Å². The van der Waals surface area contributed by atoms with Crippen molar-refractivity contribution in [1.82, 2.24) is 14.5 Å². The average molecular weight is 926 g/mol. The zero-order valence-corrected chi connectivity index (χ0v) is 39.7. The molecule has 0 atom stereocenters. The van der Waals surface area contributed by atoms with Crippen LogP contribution in [0.3, 0.4) is 0 Å². The molecule has 0 aliphatic rings. The minimum atomic E-state index is 0.907. The molecule has 3 heteroatoms. The number of rotatable bonds is 6. The van der Waals surface area contributed by atoms with Gasteiger partial charge in [-0.25, -0.2) is 0 Å². The molecule has 0 aliphatic carbocycles. The molecular weight excluding hydrogens is 883 g/mol. The molecule has 15 aromatic rings. The zero-order valence-electron chi connectivity index (χ0n) is 39.7. The molecule has 15 rings (SSSR count). The fourth-order valence-electron chi connectivity index (χ4n) is 12.1. The largest absolute Gasteiger partial charge is 0.309 e. The van der Waals surface area contributed by atoms with Crippen LogP contribution in [-0.4, -0.2) is 14.5 Å². The summed E-state index contributed by atoms with van der Waals surface area (Å²) >= 11 is 0. The number of hydrogen-bond donors (Lipinski definition) is 0. The van der Waals surface area contributed by atoms with E-state index in [9.17, 15) is 0 Å². The maximum Gasteiger partial charge on any atom is 0.0970 e. The van der Waals surface area contributed by atoms with Gasteiger partial charge < -0.3 is 4.57 Å². The van der Waals surface area contributed by atoms with E-state index < -0.39 is 0 Å². The molecule has 338 valence electrons. The first kappa shape index (κ1) is 41.1. The van der Waals surface area contributed by atoms with E-state index in [-0.39, 0.29) is 0 Å². The lowest BCUT2D eigenvalue weighted by Gasteiger charge is -2.18. The zero-order chi connectivity index (χ0) is 48.0. The van der Waals surface area contributed by atoms with E-state index in [0.717, 1.165) is 49.7 Å². The highest BCUT2D eigenvalue weighted by Gasteiger charge is 2.22. The molecule has 0 spiro atoms. The Morgan fingerprint density at radius 1 is 0.260 bits per heavy atom. The lowest BCUT2D eigenvalue weighted by atomic mass is 9.86. The lowest BCUT2D eigenvalue weighted by molar-refractivity contribution is 1.18. The Morgan fingerprint density at radius 3 is 1.26 bits per heavy atom. The van der Waals surface area contributed by atoms with Gasteiger partial charge >= 0.3 is 0 Å². The molecule has 0 aliphatic heterocycles. The van der Waals surface area contributed by atoms with Gasteiger partial charge in [0.1, 0.15) is 0 Å². The number of nitrogens with zero attached hydrogens (tertiary/aromatic N) is 3. The van der Waals surface area contributed by atoms with Crippen LogP contribution in [-0.2, 0) is 0 Å². The first-order valence-corrected chi connectivity index (χ1v) is 25.1. The second-order valence-corrected chi connectivity index (χ2v) is 19.2. The van der Waals surface area contributed by atoms with Gasteiger partial charge in [-0.3, -0.25) is 9.97 Å². The van der Waals surface area contributed by atoms with E-state index in [2.05, 4.69) is 253 Å². The van der Waals surface area contributed by atoms with Crippen molar-refractivity contribution in [3.05, 3.63) is 261 Å². The van der Waals surface area contributed by atoms with Crippen LogP contribution < -0.4 is 0 Å². The summed E-state index contributed by atoms with van der Waals surface area (Å²) in [6, 6.07) is 91.0. The standard InChI is InChI=1S/C70H43N3/c1-3-15-44(16-4-1)51-39-41-71-69-60(51)36-37-61-52(40-42-72-70(61)69)46-27-29-47(30-28-46)62-43-64-68(55-22-10-9-21-54(55)62)67-53-20-8-7-17-45(53)33-38-63(67)73(64)50-34-31-49(32-35-50)66-58-25-13-11-23-56(58)65(48-18-5-2-6-19-48)57-24-12-14-26-59(57)66/h1-43H. The molecule has 0 fully saturated rings. The van der Waals surface area contributed by atoms with Crippen LogP contribution in [0.5, 0.6) is 0 Å². The van der Waals surface area contributed by atoms with Gasteiger partial charge in [-0.2, -0.15) is 0 Å². The van der Waals surface area contributed by atoms with Crippen LogP contribution in [0.1, 0.15) is 0 Å². The first-order valence-electron chi connectivity index (χ1n) is 25.1. The molecule has 0 saturated heterocycles. The molecule has 0 amide bonds. The normalized spacial score (nSPS) is 11.8. The predicted molar refractivity (Wildman–Crippen MR) is 309 cm³/mol. The highest BCUT2D eigenvalue weighted by Crippen LogP contribution is 2.47. The quantitative estimate of drug-likeness (QED) is 0.123. The van der Waals surface area contributed by atoms with Gasteiger partial charge in [0.15, 0.2) is 0 Å². The average Bonchev–Trinajstić information content (AvgIpc) is 3.82. The van der Waals surface area contributed by atoms with Crippen LogP contribution in [0.25, 0.3) is 148 Å². The van der Waals surface area contributed by atoms with E-state index in [4.69, 9.17) is 9.97 Å². The van der Waals surface area contributed by atoms with Crippen LogP contribution in [0.15, 0.2) is 261 Å². The van der Waals surface area contributed by atoms with Crippen molar-refractivity contribution in [2.24, 2.45) is 0 Å². The van der Waals surface area contributed by atoms with E-state index >= 15 is 0 Å². The van der Waals surface area contributed by atoms with Crippen molar-refractivity contribution in [1.29, 1.82) is 0 Å². The number of benzene rings is 12. The monoisotopic (exact) mass is 925 g/mol. The summed E-state index contributed by atoms with van der Waals surface area (Å²) in [7, 11) is 0. The Hall–Kier alpha value is -9.70. The van der Waals surface area contributed by atoms with Crippen molar-refractivity contribution in [2.75, 3.05) is 0 Å². The molecule has 3 nitrogen and oxygen atoms in total. The molecule has 3 aromatic heterocycles. The van der Waals surface area contributed by atoms with Crippen molar-refractivity contribution in [3.8, 4) is 61.3 Å². The maximum atomic E-state index is 4.92. The molecular formula is C70H43N3. The predicted octanol–water partition coefficient (Wildman–Crippen LogP) is 18.8. The topological polar surface area (TPSA) is 30.7 Å². The fourth-order valence-corrected chi connectivity index (χ4v) is 12.1. The Balaban J connectivity index is 0.901. The highest BCUT2D eigenvalue weighted by atomic mass is 15.0. The minimum absolute atomic E-state index is 0.907. The summed E-state index contributed by atoms with van der Waals surface area (Å²) in [5.41, 5.74) is 17.2. The van der Waals surface area contributed by atoms with Crippen LogP contribution in [0.4, 0.5) is 0 Å². The van der Waals surface area contributed by atoms with Gasteiger partial charge in [0.25, 0.3) is 0 Å². The molecule has 0 N–H and O–H groups in total. The number of aromatic nitrogens is 3. The maximum absolute atomic E-state index is 4.92. The van der Waals surface area contributed by atoms with E-state index in [0.29, 0.717) is 0 Å². The van der Waals surface area contributed by atoms with Gasteiger partial charge in [-0.15, -0.1) is 0 Å². The first-order chi connectivity index (χ1) is 36.2. The summed E-state index contributed by atoms with van der Waals surface area (Å²) in [5.74, 6) is 0. The summed E-state index contributed by atoms with van der Waals surface area (Å²) < 4.78 is 2.49. The van der Waals surface area contributed by atoms with Crippen molar-refractivity contribution in [3.63, 3.8) is 0 Å². The van der Waals surface area contributed by atoms with Crippen molar-refractivity contribution < 1.29 is 0 Å². The van der Waals surface area contributed by atoms with E-state index in [1.54, 1.807) is 0 Å². The summed E-state index contributed by atoms with van der Waals surface area (Å²) in [5, 5.41) is 14.7. The van der Waals surface area contributed by atoms with Crippen molar-refractivity contribution >= 4 is 86.7 Å². The second-order valence-electron chi connectivity index (χ2n) is 19.2. The number of hydrogen-bond acceptors (Lipinski definition) is 2. The molecule has 3 heterocycles. The third-order valence-corrected chi connectivity index (χ3v) is 15.3. The fraction of sp³-hybridized carbons (Fsp3) is 0. The molecule has 73 heavy (non-hydrogen) atoms. The van der Waals surface area contributed by atoms with Crippen molar-refractivity contribution in [2.45, 2.75) is 0 Å². The van der Waals surface area contributed by atoms with Crippen LogP contribution >= 0.6 is 0 Å². The number of fused-ring (bicyclic) bond motifs is 12. The third kappa shape index (κ3) is 6.39. The smallest absolute Gasteiger partial charge is 0.0970 e. The SMILES string of the molecule is c1ccc(-c2c3ccccc3c(-c3ccc(-n4c5ccc6ccccc6c5c5c6ccccc6c(-c6ccc(-c7ccnc8c7ccc7c(-c9ccccc9)ccnc78)cc6)cc54)cc3)c3ccccc23)cc1. The summed E-state index contributed by atoms with van der Waals surface area (Å²) in [6.07, 6.45) is 3.82. The van der Waals surface area contributed by atoms with Gasteiger partial charge in [0.2, 0.25) is 0 Å². The van der Waals surface area contributed by atoms with E-state index in [1.807, 2.05) is 12.4 Å². The number of pyridine rings is 2. The van der Waals surface area contributed by atoms with Crippen LogP contribution in [0.2, 0.25) is 0 Å². The Morgan fingerprint density at radius 2 is 0.685 bits per heavy atom. The Kier molecular flexibility index (Phi) is 9.26. The van der Waals surface area contributed by atoms with Gasteiger partial charge in [0, 0.05) is 39.6 Å². The summed E-state index contributed by atoms with van der Waals surface area (Å²) in [6.45, 7) is 0. The van der Waals surface area contributed by atoms with Gasteiger partial charge in [-0.05, 0) is 135 Å². The van der Waals surface area contributed by atoms with E-state index in [1.165, 1.54) is 98.3 Å². The second kappa shape index (κ2) is 16.4. The molecule has 0 saturated carbocycles. The summed E-state index contributed by atoms with van der Waals surface area (Å²) in [4.78, 5) is 9.81. The van der Waals surface area contributed by atoms with Gasteiger partial charge in [-0.1, -0.05) is 212 Å². The molecule has 0 bridgehead atoms. The highest BCUT2D eigenvalue weighted by molar-refractivity contribution is 6.30. The molecule has 0 radical (unpaired) electrons. The third-order valence-electron chi connectivity index (χ3n) is 15.3. The van der Waals surface area contributed by atoms with Gasteiger partial charge in [0.05, 0.1) is 22.1 Å². The Labute approximate surface area is 421 Å². The molecule has 12 aromatic carbocycles. The lowest BCUT2D eigenvalue weighted by Crippen LogP contribution is -1.95. The minimum Gasteiger partial charge on any atom is -0.309 e. The Bertz CT molecular complexity index is 4630.